The molecule has 1 aromatic rings. The van der Waals surface area contributed by atoms with Crippen molar-refractivity contribution in [1.82, 2.24) is 14.5 Å². The zero-order valence-electron chi connectivity index (χ0n) is 13.6. The van der Waals surface area contributed by atoms with Crippen molar-refractivity contribution in [2.45, 2.75) is 18.7 Å². The Morgan fingerprint density at radius 3 is 2.50 bits per heavy atom. The predicted octanol–water partition coefficient (Wildman–Crippen LogP) is 1.10. The van der Waals surface area contributed by atoms with Crippen LogP contribution in [0.25, 0.3) is 0 Å². The zero-order chi connectivity index (χ0) is 17.9. The smallest absolute Gasteiger partial charge is 0.270 e. The number of benzene rings is 1. The van der Waals surface area contributed by atoms with Crippen molar-refractivity contribution in [1.29, 1.82) is 0 Å². The highest BCUT2D eigenvalue weighted by Gasteiger charge is 2.31. The van der Waals surface area contributed by atoms with Crippen molar-refractivity contribution in [2.24, 2.45) is 0 Å². The lowest BCUT2D eigenvalue weighted by molar-refractivity contribution is -0.385. The van der Waals surface area contributed by atoms with Crippen LogP contribution in [-0.2, 0) is 10.0 Å². The number of nitro benzene ring substituents is 1. The molecular formula is C14H20N4O4S2. The van der Waals surface area contributed by atoms with Crippen molar-refractivity contribution in [3.63, 3.8) is 0 Å². The maximum Gasteiger partial charge on any atom is 0.270 e. The number of piperazine rings is 1. The van der Waals surface area contributed by atoms with E-state index in [9.17, 15) is 18.5 Å². The molecule has 0 atom stereocenters. The fourth-order valence-corrected chi connectivity index (χ4v) is 4.51. The van der Waals surface area contributed by atoms with Gasteiger partial charge in [0.1, 0.15) is 0 Å². The second kappa shape index (κ2) is 7.41. The van der Waals surface area contributed by atoms with Gasteiger partial charge in [-0.2, -0.15) is 4.31 Å². The van der Waals surface area contributed by atoms with E-state index in [1.54, 1.807) is 6.92 Å². The molecule has 1 fully saturated rings. The number of nitrogens with zero attached hydrogens (tertiary/aromatic N) is 3. The molecule has 0 spiro atoms. The van der Waals surface area contributed by atoms with Crippen LogP contribution in [0.1, 0.15) is 12.5 Å². The summed E-state index contributed by atoms with van der Waals surface area (Å²) in [5.41, 5.74) is 0.261. The van der Waals surface area contributed by atoms with E-state index >= 15 is 0 Å². The summed E-state index contributed by atoms with van der Waals surface area (Å²) in [6.07, 6.45) is 0. The second-order valence-corrected chi connectivity index (χ2v) is 7.73. The number of hydrogen-bond acceptors (Lipinski definition) is 5. The van der Waals surface area contributed by atoms with E-state index in [-0.39, 0.29) is 23.7 Å². The van der Waals surface area contributed by atoms with E-state index in [0.717, 1.165) is 6.07 Å². The molecule has 0 bridgehead atoms. The molecule has 0 radical (unpaired) electrons. The van der Waals surface area contributed by atoms with Crippen molar-refractivity contribution < 1.29 is 13.3 Å². The minimum atomic E-state index is -3.77. The molecule has 8 nitrogen and oxygen atoms in total. The fraction of sp³-hybridized carbons (Fsp3) is 0.500. The van der Waals surface area contributed by atoms with Crippen LogP contribution in [0, 0.1) is 17.0 Å². The lowest BCUT2D eigenvalue weighted by atomic mass is 10.2. The van der Waals surface area contributed by atoms with Gasteiger partial charge >= 0.3 is 0 Å². The molecule has 1 saturated heterocycles. The minimum absolute atomic E-state index is 0.0144. The molecule has 0 amide bonds. The number of non-ortho nitro benzene ring substituents is 1. The van der Waals surface area contributed by atoms with Gasteiger partial charge in [0, 0.05) is 44.9 Å². The molecule has 1 N–H and O–H groups in total. The van der Waals surface area contributed by atoms with E-state index in [1.165, 1.54) is 16.4 Å². The van der Waals surface area contributed by atoms with Crippen LogP contribution in [0.15, 0.2) is 23.1 Å². The summed E-state index contributed by atoms with van der Waals surface area (Å²) in [6, 6.07) is 3.89. The number of nitro groups is 1. The summed E-state index contributed by atoms with van der Waals surface area (Å²) in [4.78, 5) is 12.2. The number of sulfonamides is 1. The van der Waals surface area contributed by atoms with Gasteiger partial charge < -0.3 is 10.2 Å². The van der Waals surface area contributed by atoms with Gasteiger partial charge in [-0.1, -0.05) is 6.07 Å². The molecule has 132 valence electrons. The quantitative estimate of drug-likeness (QED) is 0.480. The first-order valence-electron chi connectivity index (χ1n) is 7.55. The van der Waals surface area contributed by atoms with Gasteiger partial charge in [-0.25, -0.2) is 8.42 Å². The number of nitrogens with one attached hydrogen (secondary N) is 1. The number of aryl methyl sites for hydroxylation is 1. The van der Waals surface area contributed by atoms with Gasteiger partial charge in [0.15, 0.2) is 5.11 Å². The minimum Gasteiger partial charge on any atom is -0.363 e. The lowest BCUT2D eigenvalue weighted by Gasteiger charge is -2.35. The molecule has 1 aliphatic rings. The molecule has 1 heterocycles. The highest BCUT2D eigenvalue weighted by Crippen LogP contribution is 2.25. The third kappa shape index (κ3) is 3.82. The Balaban J connectivity index is 2.19. The van der Waals surface area contributed by atoms with Gasteiger partial charge in [-0.05, 0) is 31.6 Å². The third-order valence-electron chi connectivity index (χ3n) is 3.85. The topological polar surface area (TPSA) is 95.8 Å². The normalized spacial score (nSPS) is 16.0. The molecular weight excluding hydrogens is 352 g/mol. The summed E-state index contributed by atoms with van der Waals surface area (Å²) >= 11 is 5.24. The van der Waals surface area contributed by atoms with Gasteiger partial charge in [-0.15, -0.1) is 0 Å². The first kappa shape index (κ1) is 18.6. The summed E-state index contributed by atoms with van der Waals surface area (Å²) in [5, 5.41) is 14.6. The molecule has 1 aromatic carbocycles. The van der Waals surface area contributed by atoms with Crippen molar-refractivity contribution >= 4 is 33.0 Å². The Morgan fingerprint density at radius 2 is 1.96 bits per heavy atom. The number of hydrogen-bond donors (Lipinski definition) is 1. The Hall–Kier alpha value is -1.78. The molecule has 24 heavy (non-hydrogen) atoms. The Morgan fingerprint density at radius 1 is 1.33 bits per heavy atom. The second-order valence-electron chi connectivity index (χ2n) is 5.43. The van der Waals surface area contributed by atoms with E-state index in [4.69, 9.17) is 12.2 Å². The van der Waals surface area contributed by atoms with E-state index in [0.29, 0.717) is 30.3 Å². The highest BCUT2D eigenvalue weighted by atomic mass is 32.2. The van der Waals surface area contributed by atoms with Crippen LogP contribution in [0.3, 0.4) is 0 Å². The highest BCUT2D eigenvalue weighted by molar-refractivity contribution is 7.89. The predicted molar refractivity (Wildman–Crippen MR) is 94.4 cm³/mol. The summed E-state index contributed by atoms with van der Waals surface area (Å²) in [7, 11) is -3.77. The first-order chi connectivity index (χ1) is 11.3. The van der Waals surface area contributed by atoms with Gasteiger partial charge in [0.05, 0.1) is 9.82 Å². The van der Waals surface area contributed by atoms with Gasteiger partial charge in [-0.3, -0.25) is 10.1 Å². The monoisotopic (exact) mass is 372 g/mol. The molecule has 0 aromatic heterocycles. The van der Waals surface area contributed by atoms with Crippen molar-refractivity contribution in [3.05, 3.63) is 33.9 Å². The van der Waals surface area contributed by atoms with Crippen LogP contribution in [0.5, 0.6) is 0 Å². The fourth-order valence-electron chi connectivity index (χ4n) is 2.51. The standard InChI is InChI=1S/C14H20N4O4S2/c1-3-15-14(23)16-6-8-17(9-7-16)24(21,22)13-10-12(18(19)20)5-4-11(13)2/h4-5,10H,3,6-9H2,1-2H3,(H,15,23). The van der Waals surface area contributed by atoms with Crippen LogP contribution >= 0.6 is 12.2 Å². The molecule has 0 unspecified atom stereocenters. The Kier molecular flexibility index (Phi) is 5.73. The lowest BCUT2D eigenvalue weighted by Crippen LogP contribution is -2.53. The summed E-state index contributed by atoms with van der Waals surface area (Å²) in [5.74, 6) is 0. The first-order valence-corrected chi connectivity index (χ1v) is 9.40. The maximum absolute atomic E-state index is 12.8. The average Bonchev–Trinajstić information content (AvgIpc) is 2.55. The Labute approximate surface area is 146 Å². The van der Waals surface area contributed by atoms with Crippen LogP contribution < -0.4 is 5.32 Å². The Bertz CT molecular complexity index is 743. The number of thiocarbonyl (C=S) groups is 1. The molecule has 10 heteroatoms. The van der Waals surface area contributed by atoms with Crippen LogP contribution in [0.4, 0.5) is 5.69 Å². The van der Waals surface area contributed by atoms with Crippen LogP contribution in [-0.4, -0.2) is 60.4 Å². The van der Waals surface area contributed by atoms with E-state index < -0.39 is 14.9 Å². The SMILES string of the molecule is CCNC(=S)N1CCN(S(=O)(=O)c2cc([N+](=O)[O-])ccc2C)CC1. The summed E-state index contributed by atoms with van der Waals surface area (Å²) < 4.78 is 27.0. The van der Waals surface area contributed by atoms with Crippen molar-refractivity contribution in [2.75, 3.05) is 32.7 Å². The number of rotatable bonds is 4. The molecule has 0 saturated carbocycles. The third-order valence-corrected chi connectivity index (χ3v) is 6.30. The van der Waals surface area contributed by atoms with Crippen molar-refractivity contribution in [3.8, 4) is 0 Å². The average molecular weight is 372 g/mol. The summed E-state index contributed by atoms with van der Waals surface area (Å²) in [6.45, 7) is 5.83. The molecule has 0 aliphatic carbocycles. The van der Waals surface area contributed by atoms with Crippen LogP contribution in [0.2, 0.25) is 0 Å². The molecule has 2 rings (SSSR count). The van der Waals surface area contributed by atoms with Gasteiger partial charge in [0.25, 0.3) is 5.69 Å². The maximum atomic E-state index is 12.8. The molecule has 1 aliphatic heterocycles. The van der Waals surface area contributed by atoms with E-state index in [2.05, 4.69) is 5.32 Å². The van der Waals surface area contributed by atoms with Gasteiger partial charge in [0.2, 0.25) is 10.0 Å². The van der Waals surface area contributed by atoms with E-state index in [1.807, 2.05) is 11.8 Å². The largest absolute Gasteiger partial charge is 0.363 e. The zero-order valence-corrected chi connectivity index (χ0v) is 15.2.